The molecule has 2 aromatic rings. The number of rotatable bonds is 9. The standard InChI is InChI=1S/C17H23N3O2S/c1-3-5-12-19(13-6-4-2)17-18-15(16(23-17)20(21)22)14-10-8-7-9-11-14/h7-11H,3-6,12-13H2,1-2H3. The summed E-state index contributed by atoms with van der Waals surface area (Å²) in [6, 6.07) is 9.40. The molecule has 0 fully saturated rings. The smallest absolute Gasteiger partial charge is 0.348 e. The lowest BCUT2D eigenvalue weighted by Gasteiger charge is -2.20. The summed E-state index contributed by atoms with van der Waals surface area (Å²) >= 11 is 1.19. The van der Waals surface area contributed by atoms with Crippen molar-refractivity contribution in [2.75, 3.05) is 18.0 Å². The van der Waals surface area contributed by atoms with Gasteiger partial charge in [-0.25, -0.2) is 4.98 Å². The predicted molar refractivity (Wildman–Crippen MR) is 96.2 cm³/mol. The summed E-state index contributed by atoms with van der Waals surface area (Å²) in [5, 5.41) is 12.3. The minimum absolute atomic E-state index is 0.129. The van der Waals surface area contributed by atoms with Crippen molar-refractivity contribution in [2.45, 2.75) is 39.5 Å². The summed E-state index contributed by atoms with van der Waals surface area (Å²) in [5.74, 6) is 0. The molecule has 0 saturated carbocycles. The molecule has 0 unspecified atom stereocenters. The van der Waals surface area contributed by atoms with E-state index in [0.29, 0.717) is 5.69 Å². The van der Waals surface area contributed by atoms with Crippen LogP contribution in [0, 0.1) is 10.1 Å². The van der Waals surface area contributed by atoms with Gasteiger partial charge in [0.2, 0.25) is 0 Å². The number of anilines is 1. The predicted octanol–water partition coefficient (Wildman–Crippen LogP) is 5.12. The number of hydrogen-bond donors (Lipinski definition) is 0. The van der Waals surface area contributed by atoms with Gasteiger partial charge in [-0.3, -0.25) is 10.1 Å². The third-order valence-corrected chi connectivity index (χ3v) is 4.71. The summed E-state index contributed by atoms with van der Waals surface area (Å²) < 4.78 is 0. The van der Waals surface area contributed by atoms with E-state index in [-0.39, 0.29) is 9.92 Å². The molecule has 0 N–H and O–H groups in total. The normalized spacial score (nSPS) is 10.7. The van der Waals surface area contributed by atoms with E-state index in [4.69, 9.17) is 0 Å². The molecule has 0 spiro atoms. The van der Waals surface area contributed by atoms with Crippen LogP contribution in [0.25, 0.3) is 11.3 Å². The average molecular weight is 333 g/mol. The van der Waals surface area contributed by atoms with Gasteiger partial charge in [0.25, 0.3) is 0 Å². The first-order chi connectivity index (χ1) is 11.2. The van der Waals surface area contributed by atoms with Gasteiger partial charge in [-0.1, -0.05) is 57.0 Å². The maximum absolute atomic E-state index is 11.4. The number of unbranched alkanes of at least 4 members (excludes halogenated alkanes) is 2. The number of nitro groups is 1. The van der Waals surface area contributed by atoms with Crippen molar-refractivity contribution in [2.24, 2.45) is 0 Å². The zero-order valence-corrected chi connectivity index (χ0v) is 14.5. The van der Waals surface area contributed by atoms with Crippen molar-refractivity contribution in [3.05, 3.63) is 40.4 Å². The Morgan fingerprint density at radius 1 is 1.13 bits per heavy atom. The molecular formula is C17H23N3O2S. The highest BCUT2D eigenvalue weighted by molar-refractivity contribution is 7.19. The van der Waals surface area contributed by atoms with E-state index in [1.165, 1.54) is 11.3 Å². The second-order valence-corrected chi connectivity index (χ2v) is 6.42. The van der Waals surface area contributed by atoms with E-state index >= 15 is 0 Å². The summed E-state index contributed by atoms with van der Waals surface area (Å²) in [7, 11) is 0. The van der Waals surface area contributed by atoms with Gasteiger partial charge in [-0.05, 0) is 24.2 Å². The van der Waals surface area contributed by atoms with Crippen LogP contribution in [0.3, 0.4) is 0 Å². The van der Waals surface area contributed by atoms with Gasteiger partial charge in [0.15, 0.2) is 10.8 Å². The van der Waals surface area contributed by atoms with Crippen LogP contribution in [0.5, 0.6) is 0 Å². The van der Waals surface area contributed by atoms with Crippen LogP contribution in [-0.4, -0.2) is 23.0 Å². The molecule has 2 rings (SSSR count). The van der Waals surface area contributed by atoms with E-state index < -0.39 is 0 Å². The molecule has 5 nitrogen and oxygen atoms in total. The Morgan fingerprint density at radius 2 is 1.74 bits per heavy atom. The number of aromatic nitrogens is 1. The summed E-state index contributed by atoms with van der Waals surface area (Å²) in [6.07, 6.45) is 4.33. The third kappa shape index (κ3) is 4.51. The minimum Gasteiger partial charge on any atom is -0.348 e. The Labute approximate surface area is 141 Å². The first kappa shape index (κ1) is 17.4. The maximum atomic E-state index is 11.4. The zero-order chi connectivity index (χ0) is 16.7. The minimum atomic E-state index is -0.318. The molecule has 0 aliphatic rings. The van der Waals surface area contributed by atoms with Crippen LogP contribution in [0.4, 0.5) is 10.1 Å². The Bertz CT molecular complexity index is 620. The fourth-order valence-corrected chi connectivity index (χ4v) is 3.30. The first-order valence-electron chi connectivity index (χ1n) is 8.13. The molecule has 0 radical (unpaired) electrons. The highest BCUT2D eigenvalue weighted by atomic mass is 32.1. The fourth-order valence-electron chi connectivity index (χ4n) is 2.35. The lowest BCUT2D eigenvalue weighted by atomic mass is 10.2. The van der Waals surface area contributed by atoms with Crippen LogP contribution < -0.4 is 4.90 Å². The van der Waals surface area contributed by atoms with E-state index in [0.717, 1.165) is 49.5 Å². The lowest BCUT2D eigenvalue weighted by molar-refractivity contribution is -0.379. The molecule has 0 aliphatic carbocycles. The number of benzene rings is 1. The van der Waals surface area contributed by atoms with Gasteiger partial charge < -0.3 is 4.90 Å². The first-order valence-corrected chi connectivity index (χ1v) is 8.94. The second kappa shape index (κ2) is 8.62. The van der Waals surface area contributed by atoms with E-state index in [1.54, 1.807) is 0 Å². The quantitative estimate of drug-likeness (QED) is 0.472. The molecule has 1 heterocycles. The fraction of sp³-hybridized carbons (Fsp3) is 0.471. The Morgan fingerprint density at radius 3 is 2.26 bits per heavy atom. The molecule has 0 aliphatic heterocycles. The van der Waals surface area contributed by atoms with Crippen molar-refractivity contribution in [1.29, 1.82) is 0 Å². The molecule has 0 bridgehead atoms. The molecule has 1 aromatic carbocycles. The third-order valence-electron chi connectivity index (χ3n) is 3.64. The molecular weight excluding hydrogens is 310 g/mol. The summed E-state index contributed by atoms with van der Waals surface area (Å²) in [6.45, 7) is 6.10. The van der Waals surface area contributed by atoms with Crippen molar-refractivity contribution in [3.63, 3.8) is 0 Å². The van der Waals surface area contributed by atoms with Crippen molar-refractivity contribution >= 4 is 21.5 Å². The summed E-state index contributed by atoms with van der Waals surface area (Å²) in [5.41, 5.74) is 1.28. The Balaban J connectivity index is 2.36. The van der Waals surface area contributed by atoms with Gasteiger partial charge in [0.1, 0.15) is 0 Å². The molecule has 1 aromatic heterocycles. The molecule has 0 saturated heterocycles. The number of nitrogens with zero attached hydrogens (tertiary/aromatic N) is 3. The average Bonchev–Trinajstić information content (AvgIpc) is 3.01. The monoisotopic (exact) mass is 333 g/mol. The molecule has 6 heteroatoms. The zero-order valence-electron chi connectivity index (χ0n) is 13.7. The maximum Gasteiger partial charge on any atom is 0.353 e. The molecule has 0 amide bonds. The van der Waals surface area contributed by atoms with Gasteiger partial charge >= 0.3 is 5.00 Å². The largest absolute Gasteiger partial charge is 0.353 e. The van der Waals surface area contributed by atoms with Crippen molar-refractivity contribution in [3.8, 4) is 11.3 Å². The highest BCUT2D eigenvalue weighted by Crippen LogP contribution is 2.39. The van der Waals surface area contributed by atoms with Gasteiger partial charge in [-0.2, -0.15) is 0 Å². The van der Waals surface area contributed by atoms with Gasteiger partial charge in [-0.15, -0.1) is 0 Å². The Kier molecular flexibility index (Phi) is 6.52. The SMILES string of the molecule is CCCCN(CCCC)c1nc(-c2ccccc2)c([N+](=O)[O-])s1. The number of thiazole rings is 1. The second-order valence-electron chi connectivity index (χ2n) is 5.47. The van der Waals surface area contributed by atoms with E-state index in [1.807, 2.05) is 30.3 Å². The van der Waals surface area contributed by atoms with E-state index in [2.05, 4.69) is 23.7 Å². The lowest BCUT2D eigenvalue weighted by Crippen LogP contribution is -2.25. The van der Waals surface area contributed by atoms with Crippen LogP contribution in [0.1, 0.15) is 39.5 Å². The van der Waals surface area contributed by atoms with Crippen molar-refractivity contribution < 1.29 is 4.92 Å². The molecule has 23 heavy (non-hydrogen) atoms. The van der Waals surface area contributed by atoms with Crippen LogP contribution in [0.2, 0.25) is 0 Å². The van der Waals surface area contributed by atoms with Gasteiger partial charge in [0.05, 0.1) is 4.92 Å². The summed E-state index contributed by atoms with van der Waals surface area (Å²) in [4.78, 5) is 17.9. The molecule has 0 atom stereocenters. The van der Waals surface area contributed by atoms with E-state index in [9.17, 15) is 10.1 Å². The Hall–Kier alpha value is -1.95. The van der Waals surface area contributed by atoms with Gasteiger partial charge in [0, 0.05) is 18.7 Å². The van der Waals surface area contributed by atoms with Crippen LogP contribution >= 0.6 is 11.3 Å². The highest BCUT2D eigenvalue weighted by Gasteiger charge is 2.24. The van der Waals surface area contributed by atoms with Crippen molar-refractivity contribution in [1.82, 2.24) is 4.98 Å². The van der Waals surface area contributed by atoms with Crippen LogP contribution in [-0.2, 0) is 0 Å². The topological polar surface area (TPSA) is 59.3 Å². The van der Waals surface area contributed by atoms with Crippen LogP contribution in [0.15, 0.2) is 30.3 Å². The number of hydrogen-bond acceptors (Lipinski definition) is 5. The molecule has 124 valence electrons.